The van der Waals surface area contributed by atoms with Crippen LogP contribution in [0.5, 0.6) is 0 Å². The molecule has 2 aromatic heterocycles. The van der Waals surface area contributed by atoms with Gasteiger partial charge >= 0.3 is 0 Å². The first-order valence-corrected chi connectivity index (χ1v) is 7.39. The smallest absolute Gasteiger partial charge is 0.170 e. The van der Waals surface area contributed by atoms with Gasteiger partial charge in [0.15, 0.2) is 12.1 Å². The van der Waals surface area contributed by atoms with Gasteiger partial charge in [-0.2, -0.15) is 0 Å². The minimum Gasteiger partial charge on any atom is -0.352 e. The van der Waals surface area contributed by atoms with Gasteiger partial charge in [0.05, 0.1) is 0 Å². The van der Waals surface area contributed by atoms with Crippen LogP contribution in [0.3, 0.4) is 0 Å². The highest BCUT2D eigenvalue weighted by Crippen LogP contribution is 2.33. The number of imidazole rings is 1. The molecule has 3 rings (SSSR count). The fraction of sp³-hybridized carbons (Fsp3) is 0.500. The van der Waals surface area contributed by atoms with E-state index < -0.39 is 0 Å². The van der Waals surface area contributed by atoms with Gasteiger partial charge in [-0.15, -0.1) is 0 Å². The van der Waals surface area contributed by atoms with Gasteiger partial charge in [0.25, 0.3) is 0 Å². The van der Waals surface area contributed by atoms with E-state index in [0.29, 0.717) is 17.7 Å². The zero-order chi connectivity index (χ0) is 14.1. The predicted molar refractivity (Wildman–Crippen MR) is 80.4 cm³/mol. The van der Waals surface area contributed by atoms with Crippen LogP contribution in [0.15, 0.2) is 24.4 Å². The van der Waals surface area contributed by atoms with Crippen molar-refractivity contribution in [2.75, 3.05) is 11.4 Å². The van der Waals surface area contributed by atoms with Gasteiger partial charge in [-0.3, -0.25) is 9.20 Å². The maximum atomic E-state index is 11.5. The third-order valence-corrected chi connectivity index (χ3v) is 3.87. The van der Waals surface area contributed by atoms with Gasteiger partial charge in [-0.25, -0.2) is 4.98 Å². The first kappa shape index (κ1) is 13.2. The van der Waals surface area contributed by atoms with E-state index in [4.69, 9.17) is 0 Å². The Hall–Kier alpha value is -1.84. The van der Waals surface area contributed by atoms with Crippen LogP contribution in [-0.2, 0) is 0 Å². The molecule has 0 radical (unpaired) electrons. The zero-order valence-electron chi connectivity index (χ0n) is 12.1. The van der Waals surface area contributed by atoms with E-state index in [0.717, 1.165) is 30.7 Å². The molecule has 0 unspecified atom stereocenters. The molecule has 0 bridgehead atoms. The molecule has 0 aromatic carbocycles. The Labute approximate surface area is 119 Å². The molecule has 106 valence electrons. The third-order valence-electron chi connectivity index (χ3n) is 3.87. The van der Waals surface area contributed by atoms with Gasteiger partial charge in [-0.05, 0) is 37.3 Å². The largest absolute Gasteiger partial charge is 0.352 e. The number of hydrogen-bond donors (Lipinski definition) is 0. The van der Waals surface area contributed by atoms with Crippen molar-refractivity contribution < 1.29 is 4.79 Å². The molecule has 2 aromatic rings. The highest BCUT2D eigenvalue weighted by Gasteiger charge is 2.32. The number of aromatic nitrogens is 2. The molecule has 1 fully saturated rings. The average molecular weight is 271 g/mol. The second-order valence-corrected chi connectivity index (χ2v) is 5.97. The molecular formula is C16H21N3O. The van der Waals surface area contributed by atoms with E-state index in [1.165, 1.54) is 12.8 Å². The number of fused-ring (bicyclic) bond motifs is 1. The number of aldehydes is 1. The zero-order valence-corrected chi connectivity index (χ0v) is 12.1. The standard InChI is InChI=1S/C16H21N3O/c1-12(2)8-10-18(13-6-7-13)16-14(11-20)19-9-4-3-5-15(19)17-16/h3-5,9,11-13H,6-8,10H2,1-2H3. The molecule has 0 aliphatic heterocycles. The minimum atomic E-state index is 0.567. The van der Waals surface area contributed by atoms with Gasteiger partial charge in [0.1, 0.15) is 11.3 Å². The Bertz CT molecular complexity index is 613. The topological polar surface area (TPSA) is 37.6 Å². The van der Waals surface area contributed by atoms with Crippen molar-refractivity contribution in [3.63, 3.8) is 0 Å². The van der Waals surface area contributed by atoms with Crippen LogP contribution in [0.4, 0.5) is 5.82 Å². The maximum absolute atomic E-state index is 11.5. The quantitative estimate of drug-likeness (QED) is 0.757. The number of rotatable bonds is 6. The third kappa shape index (κ3) is 2.42. The van der Waals surface area contributed by atoms with Crippen molar-refractivity contribution in [1.82, 2.24) is 9.38 Å². The molecule has 1 aliphatic carbocycles. The Kier molecular flexibility index (Phi) is 3.47. The molecule has 1 saturated carbocycles. The Morgan fingerprint density at radius 3 is 2.90 bits per heavy atom. The van der Waals surface area contributed by atoms with Gasteiger partial charge in [0.2, 0.25) is 0 Å². The van der Waals surface area contributed by atoms with Crippen LogP contribution < -0.4 is 4.90 Å². The monoisotopic (exact) mass is 271 g/mol. The number of hydrogen-bond acceptors (Lipinski definition) is 3. The molecule has 4 heteroatoms. The summed E-state index contributed by atoms with van der Waals surface area (Å²) in [6.45, 7) is 5.44. The summed E-state index contributed by atoms with van der Waals surface area (Å²) in [5, 5.41) is 0. The summed E-state index contributed by atoms with van der Waals surface area (Å²) >= 11 is 0. The van der Waals surface area contributed by atoms with Crippen molar-refractivity contribution in [3.05, 3.63) is 30.1 Å². The van der Waals surface area contributed by atoms with E-state index in [2.05, 4.69) is 23.7 Å². The lowest BCUT2D eigenvalue weighted by molar-refractivity contribution is 0.111. The predicted octanol–water partition coefficient (Wildman–Crippen LogP) is 3.16. The van der Waals surface area contributed by atoms with E-state index in [1.807, 2.05) is 28.8 Å². The number of nitrogens with zero attached hydrogens (tertiary/aromatic N) is 3. The molecular weight excluding hydrogens is 250 g/mol. The van der Waals surface area contributed by atoms with Gasteiger partial charge < -0.3 is 4.90 Å². The summed E-state index contributed by atoms with van der Waals surface area (Å²) in [4.78, 5) is 18.5. The maximum Gasteiger partial charge on any atom is 0.170 e. The van der Waals surface area contributed by atoms with Crippen molar-refractivity contribution in [1.29, 1.82) is 0 Å². The first-order chi connectivity index (χ1) is 9.70. The summed E-state index contributed by atoms with van der Waals surface area (Å²) in [7, 11) is 0. The first-order valence-electron chi connectivity index (χ1n) is 7.39. The molecule has 4 nitrogen and oxygen atoms in total. The molecule has 20 heavy (non-hydrogen) atoms. The summed E-state index contributed by atoms with van der Waals surface area (Å²) < 4.78 is 1.88. The molecule has 0 saturated heterocycles. The number of pyridine rings is 1. The van der Waals surface area contributed by atoms with Crippen LogP contribution in [0.1, 0.15) is 43.6 Å². The van der Waals surface area contributed by atoms with Crippen LogP contribution in [0, 0.1) is 5.92 Å². The van der Waals surface area contributed by atoms with Crippen molar-refractivity contribution in [2.24, 2.45) is 5.92 Å². The van der Waals surface area contributed by atoms with Crippen LogP contribution in [0.2, 0.25) is 0 Å². The average Bonchev–Trinajstić information content (AvgIpc) is 3.19. The van der Waals surface area contributed by atoms with Crippen molar-refractivity contribution in [2.45, 2.75) is 39.2 Å². The number of carbonyl (C=O) groups is 1. The fourth-order valence-electron chi connectivity index (χ4n) is 2.57. The number of anilines is 1. The van der Waals surface area contributed by atoms with Crippen LogP contribution in [0.25, 0.3) is 5.65 Å². The minimum absolute atomic E-state index is 0.567. The van der Waals surface area contributed by atoms with Crippen LogP contribution in [-0.4, -0.2) is 28.3 Å². The summed E-state index contributed by atoms with van der Waals surface area (Å²) in [6.07, 6.45) is 6.39. The highest BCUT2D eigenvalue weighted by molar-refractivity contribution is 5.83. The second-order valence-electron chi connectivity index (χ2n) is 5.97. The lowest BCUT2D eigenvalue weighted by atomic mass is 10.1. The van der Waals surface area contributed by atoms with Gasteiger partial charge in [-0.1, -0.05) is 19.9 Å². The van der Waals surface area contributed by atoms with Crippen molar-refractivity contribution >= 4 is 17.8 Å². The summed E-state index contributed by atoms with van der Waals surface area (Å²) in [5.74, 6) is 1.52. The lowest BCUT2D eigenvalue weighted by Gasteiger charge is -2.23. The Morgan fingerprint density at radius 1 is 1.45 bits per heavy atom. The SMILES string of the molecule is CC(C)CCN(c1nc2ccccn2c1C=O)C1CC1. The van der Waals surface area contributed by atoms with E-state index >= 15 is 0 Å². The summed E-state index contributed by atoms with van der Waals surface area (Å²) in [6, 6.07) is 6.40. The van der Waals surface area contributed by atoms with Crippen LogP contribution >= 0.6 is 0 Å². The van der Waals surface area contributed by atoms with E-state index in [9.17, 15) is 4.79 Å². The molecule has 0 atom stereocenters. The normalized spacial score (nSPS) is 14.9. The molecule has 0 N–H and O–H groups in total. The summed E-state index contributed by atoms with van der Waals surface area (Å²) in [5.41, 5.74) is 1.52. The second kappa shape index (κ2) is 5.27. The van der Waals surface area contributed by atoms with E-state index in [1.54, 1.807) is 0 Å². The fourth-order valence-corrected chi connectivity index (χ4v) is 2.57. The number of carbonyl (C=O) groups excluding carboxylic acids is 1. The highest BCUT2D eigenvalue weighted by atomic mass is 16.1. The molecule has 0 spiro atoms. The van der Waals surface area contributed by atoms with Gasteiger partial charge in [0, 0.05) is 18.8 Å². The Morgan fingerprint density at radius 2 is 2.25 bits per heavy atom. The van der Waals surface area contributed by atoms with Crippen molar-refractivity contribution in [3.8, 4) is 0 Å². The lowest BCUT2D eigenvalue weighted by Crippen LogP contribution is -2.29. The molecule has 0 amide bonds. The molecule has 1 aliphatic rings. The Balaban J connectivity index is 1.99. The van der Waals surface area contributed by atoms with E-state index in [-0.39, 0.29) is 0 Å². The molecule has 2 heterocycles.